The standard InChI is InChI=1S/C25H22N2O5/c1-15-6-4-5-7-19(15)27-22(16-10-12-26-13-11-16)21(24(29)25(27)30)23(28)18-14-17(31-2)8-9-20(18)32-3/h4-14,22,28H,1-3H3/b23-21+. The highest BCUT2D eigenvalue weighted by molar-refractivity contribution is 6.51. The fraction of sp³-hybridized carbons (Fsp3) is 0.160. The van der Waals surface area contributed by atoms with Crippen LogP contribution in [-0.2, 0) is 9.59 Å². The molecule has 1 unspecified atom stereocenters. The highest BCUT2D eigenvalue weighted by Crippen LogP contribution is 2.44. The van der Waals surface area contributed by atoms with Crippen LogP contribution in [0.3, 0.4) is 0 Å². The van der Waals surface area contributed by atoms with Crippen molar-refractivity contribution in [3.63, 3.8) is 0 Å². The van der Waals surface area contributed by atoms with Gasteiger partial charge in [0.05, 0.1) is 31.4 Å². The number of pyridine rings is 1. The van der Waals surface area contributed by atoms with Crippen LogP contribution < -0.4 is 14.4 Å². The maximum Gasteiger partial charge on any atom is 0.300 e. The van der Waals surface area contributed by atoms with Crippen molar-refractivity contribution in [2.75, 3.05) is 19.1 Å². The van der Waals surface area contributed by atoms with Crippen LogP contribution in [0.1, 0.15) is 22.7 Å². The van der Waals surface area contributed by atoms with Gasteiger partial charge in [-0.1, -0.05) is 18.2 Å². The van der Waals surface area contributed by atoms with E-state index in [9.17, 15) is 14.7 Å². The van der Waals surface area contributed by atoms with E-state index in [0.29, 0.717) is 22.7 Å². The molecule has 1 aromatic heterocycles. The number of para-hydroxylation sites is 1. The van der Waals surface area contributed by atoms with Crippen molar-refractivity contribution in [2.45, 2.75) is 13.0 Å². The van der Waals surface area contributed by atoms with Crippen molar-refractivity contribution in [2.24, 2.45) is 0 Å². The molecule has 0 bridgehead atoms. The third kappa shape index (κ3) is 3.47. The number of ether oxygens (including phenoxy) is 2. The molecule has 1 amide bonds. The molecule has 1 aliphatic rings. The fourth-order valence-electron chi connectivity index (χ4n) is 3.92. The van der Waals surface area contributed by atoms with Gasteiger partial charge in [-0.05, 0) is 54.4 Å². The van der Waals surface area contributed by atoms with Crippen molar-refractivity contribution < 1.29 is 24.2 Å². The van der Waals surface area contributed by atoms with Gasteiger partial charge >= 0.3 is 0 Å². The Morgan fingerprint density at radius 3 is 2.38 bits per heavy atom. The number of carbonyl (C=O) groups excluding carboxylic acids is 2. The molecule has 0 radical (unpaired) electrons. The third-order valence-corrected chi connectivity index (χ3v) is 5.50. The van der Waals surface area contributed by atoms with Crippen LogP contribution in [0.4, 0.5) is 5.69 Å². The normalized spacial score (nSPS) is 17.5. The Labute approximate surface area is 185 Å². The first kappa shape index (κ1) is 21.1. The Kier molecular flexibility index (Phi) is 5.64. The summed E-state index contributed by atoms with van der Waals surface area (Å²) in [5.74, 6) is -1.02. The number of hydrogen-bond acceptors (Lipinski definition) is 6. The van der Waals surface area contributed by atoms with Crippen molar-refractivity contribution in [3.8, 4) is 11.5 Å². The molecule has 0 spiro atoms. The number of amides is 1. The summed E-state index contributed by atoms with van der Waals surface area (Å²) in [5.41, 5.74) is 2.29. The molecule has 0 aliphatic carbocycles. The van der Waals surface area contributed by atoms with Crippen LogP contribution in [-0.4, -0.2) is 36.0 Å². The molecule has 1 fully saturated rings. The van der Waals surface area contributed by atoms with Gasteiger partial charge in [-0.2, -0.15) is 0 Å². The van der Waals surface area contributed by atoms with Crippen LogP contribution in [0.2, 0.25) is 0 Å². The number of nitrogens with zero attached hydrogens (tertiary/aromatic N) is 2. The number of hydrogen-bond donors (Lipinski definition) is 1. The number of benzene rings is 2. The van der Waals surface area contributed by atoms with Gasteiger partial charge in [0.2, 0.25) is 0 Å². The second-order valence-corrected chi connectivity index (χ2v) is 7.30. The number of methoxy groups -OCH3 is 2. The molecule has 7 heteroatoms. The summed E-state index contributed by atoms with van der Waals surface area (Å²) in [6.45, 7) is 1.86. The quantitative estimate of drug-likeness (QED) is 0.373. The molecule has 4 rings (SSSR count). The van der Waals surface area contributed by atoms with Crippen LogP contribution in [0, 0.1) is 6.92 Å². The molecule has 162 valence electrons. The molecule has 1 saturated heterocycles. The Morgan fingerprint density at radius 1 is 1.00 bits per heavy atom. The summed E-state index contributed by atoms with van der Waals surface area (Å²) >= 11 is 0. The van der Waals surface area contributed by atoms with Crippen molar-refractivity contribution in [3.05, 3.63) is 89.3 Å². The Bertz CT molecular complexity index is 1220. The van der Waals surface area contributed by atoms with Crippen molar-refractivity contribution in [1.29, 1.82) is 0 Å². The van der Waals surface area contributed by atoms with E-state index < -0.39 is 17.7 Å². The van der Waals surface area contributed by atoms with Gasteiger partial charge in [0, 0.05) is 18.1 Å². The molecule has 2 heterocycles. The van der Waals surface area contributed by atoms with Crippen LogP contribution >= 0.6 is 0 Å². The number of aliphatic hydroxyl groups excluding tert-OH is 1. The first-order chi connectivity index (χ1) is 15.5. The highest BCUT2D eigenvalue weighted by atomic mass is 16.5. The molecule has 0 saturated carbocycles. The molecular weight excluding hydrogens is 408 g/mol. The topological polar surface area (TPSA) is 89.0 Å². The van der Waals surface area contributed by atoms with Crippen LogP contribution in [0.5, 0.6) is 11.5 Å². The number of rotatable bonds is 5. The van der Waals surface area contributed by atoms with Gasteiger partial charge in [0.15, 0.2) is 0 Å². The first-order valence-corrected chi connectivity index (χ1v) is 9.97. The van der Waals surface area contributed by atoms with Gasteiger partial charge in [0.25, 0.3) is 11.7 Å². The predicted molar refractivity (Wildman–Crippen MR) is 120 cm³/mol. The van der Waals surface area contributed by atoms with E-state index in [4.69, 9.17) is 9.47 Å². The van der Waals surface area contributed by atoms with E-state index >= 15 is 0 Å². The lowest BCUT2D eigenvalue weighted by molar-refractivity contribution is -0.132. The van der Waals surface area contributed by atoms with E-state index in [0.717, 1.165) is 5.56 Å². The Hall–Kier alpha value is -4.13. The zero-order valence-corrected chi connectivity index (χ0v) is 17.9. The summed E-state index contributed by atoms with van der Waals surface area (Å²) in [6, 6.07) is 14.8. The maximum atomic E-state index is 13.3. The van der Waals surface area contributed by atoms with E-state index in [1.807, 2.05) is 19.1 Å². The summed E-state index contributed by atoms with van der Waals surface area (Å²) in [7, 11) is 2.96. The second-order valence-electron chi connectivity index (χ2n) is 7.30. The second kappa shape index (κ2) is 8.55. The fourth-order valence-corrected chi connectivity index (χ4v) is 3.92. The summed E-state index contributed by atoms with van der Waals surface area (Å²) in [5, 5.41) is 11.3. The number of ketones is 1. The molecule has 7 nitrogen and oxygen atoms in total. The van der Waals surface area contributed by atoms with E-state index in [-0.39, 0.29) is 16.9 Å². The number of aromatic nitrogens is 1. The summed E-state index contributed by atoms with van der Waals surface area (Å²) in [4.78, 5) is 31.9. The number of aliphatic hydroxyl groups is 1. The number of anilines is 1. The van der Waals surface area contributed by atoms with Crippen LogP contribution in [0.25, 0.3) is 5.76 Å². The highest BCUT2D eigenvalue weighted by Gasteiger charge is 2.47. The minimum Gasteiger partial charge on any atom is -0.507 e. The van der Waals surface area contributed by atoms with Crippen LogP contribution in [0.15, 0.2) is 72.6 Å². The number of Topliss-reactive ketones (excluding diaryl/α,β-unsaturated/α-hetero) is 1. The zero-order chi connectivity index (χ0) is 22.8. The van der Waals surface area contributed by atoms with E-state index in [2.05, 4.69) is 4.98 Å². The lowest BCUT2D eigenvalue weighted by Crippen LogP contribution is -2.30. The maximum absolute atomic E-state index is 13.3. The molecule has 1 atom stereocenters. The number of carbonyl (C=O) groups is 2. The lowest BCUT2D eigenvalue weighted by Gasteiger charge is -2.26. The minimum atomic E-state index is -0.838. The van der Waals surface area contributed by atoms with Gasteiger partial charge in [-0.15, -0.1) is 0 Å². The molecule has 1 N–H and O–H groups in total. The average molecular weight is 430 g/mol. The van der Waals surface area contributed by atoms with E-state index in [1.165, 1.54) is 19.1 Å². The smallest absolute Gasteiger partial charge is 0.300 e. The SMILES string of the molecule is COc1ccc(OC)c(/C(O)=C2\C(=O)C(=O)N(c3ccccc3C)C2c2ccncc2)c1. The Morgan fingerprint density at radius 2 is 1.72 bits per heavy atom. The summed E-state index contributed by atoms with van der Waals surface area (Å²) < 4.78 is 10.7. The molecule has 2 aromatic carbocycles. The molecule has 32 heavy (non-hydrogen) atoms. The average Bonchev–Trinajstić information content (AvgIpc) is 3.09. The zero-order valence-electron chi connectivity index (χ0n) is 17.9. The predicted octanol–water partition coefficient (Wildman–Crippen LogP) is 4.03. The third-order valence-electron chi connectivity index (χ3n) is 5.50. The lowest BCUT2D eigenvalue weighted by atomic mass is 9.95. The van der Waals surface area contributed by atoms with Gasteiger partial charge < -0.3 is 14.6 Å². The monoisotopic (exact) mass is 430 g/mol. The van der Waals surface area contributed by atoms with Gasteiger partial charge in [-0.25, -0.2) is 0 Å². The van der Waals surface area contributed by atoms with E-state index in [1.54, 1.807) is 54.9 Å². The number of aryl methyl sites for hydroxylation is 1. The molecular formula is C25H22N2O5. The van der Waals surface area contributed by atoms with Crippen molar-refractivity contribution in [1.82, 2.24) is 4.98 Å². The van der Waals surface area contributed by atoms with Gasteiger partial charge in [0.1, 0.15) is 17.3 Å². The minimum absolute atomic E-state index is 0.0315. The molecule has 3 aromatic rings. The largest absolute Gasteiger partial charge is 0.507 e. The first-order valence-electron chi connectivity index (χ1n) is 9.97. The van der Waals surface area contributed by atoms with Crippen molar-refractivity contribution >= 4 is 23.1 Å². The molecule has 1 aliphatic heterocycles. The summed E-state index contributed by atoms with van der Waals surface area (Å²) in [6.07, 6.45) is 3.17. The Balaban J connectivity index is 2.00. The van der Waals surface area contributed by atoms with Gasteiger partial charge in [-0.3, -0.25) is 19.5 Å².